The smallest absolute Gasteiger partial charge is 0.342 e. The van der Waals surface area contributed by atoms with Crippen LogP contribution in [0, 0.1) is 5.82 Å². The molecule has 210 valence electrons. The number of methoxy groups -OCH3 is 1. The zero-order valence-corrected chi connectivity index (χ0v) is 22.1. The molecule has 1 aromatic carbocycles. The summed E-state index contributed by atoms with van der Waals surface area (Å²) in [5.74, 6) is -6.02. The van der Waals surface area contributed by atoms with Gasteiger partial charge in [0.1, 0.15) is 11.4 Å². The number of ether oxygens (including phenoxy) is 1. The van der Waals surface area contributed by atoms with E-state index >= 15 is 4.39 Å². The van der Waals surface area contributed by atoms with Crippen molar-refractivity contribution in [3.8, 4) is 5.75 Å². The average molecular weight is 548 g/mol. The molecule has 3 heterocycles. The van der Waals surface area contributed by atoms with E-state index in [0.717, 1.165) is 24.3 Å². The van der Waals surface area contributed by atoms with Gasteiger partial charge in [-0.15, -0.1) is 0 Å². The van der Waals surface area contributed by atoms with Crippen LogP contribution in [0.5, 0.6) is 5.75 Å². The number of aromatic nitrogens is 2. The molecule has 1 aliphatic carbocycles. The zero-order chi connectivity index (χ0) is 27.9. The molecule has 13 heteroatoms. The maximum Gasteiger partial charge on any atom is 0.342 e. The molecule has 1 saturated carbocycles. The molecule has 5 rings (SSSR count). The summed E-state index contributed by atoms with van der Waals surface area (Å²) in [4.78, 5) is 38.5. The molecule has 39 heavy (non-hydrogen) atoms. The first-order valence-electron chi connectivity index (χ1n) is 13.1. The van der Waals surface area contributed by atoms with Crippen LogP contribution in [0.4, 0.5) is 36.3 Å². The number of hydrogen-bond acceptors (Lipinski definition) is 8. The fraction of sp³-hybridized carbons (Fsp3) is 0.538. The number of likely N-dealkylation sites (tertiary alicyclic amines) is 1. The molecule has 3 aliphatic rings. The molecule has 1 aromatic heterocycles. The Hall–Kier alpha value is -3.61. The lowest BCUT2D eigenvalue weighted by molar-refractivity contribution is -0.140. The summed E-state index contributed by atoms with van der Waals surface area (Å²) >= 11 is 0. The van der Waals surface area contributed by atoms with E-state index in [2.05, 4.69) is 25.5 Å². The second-order valence-electron chi connectivity index (χ2n) is 10.2. The number of benzene rings is 1. The Morgan fingerprint density at radius 1 is 1.23 bits per heavy atom. The van der Waals surface area contributed by atoms with E-state index in [9.17, 15) is 18.4 Å². The fourth-order valence-corrected chi connectivity index (χ4v) is 5.38. The second kappa shape index (κ2) is 10.5. The highest BCUT2D eigenvalue weighted by molar-refractivity contribution is 6.02. The topological polar surface area (TPSA) is 103 Å². The Labute approximate surface area is 224 Å². The molecule has 0 radical (unpaired) electrons. The van der Waals surface area contributed by atoms with Crippen LogP contribution in [0.25, 0.3) is 0 Å². The van der Waals surface area contributed by atoms with Crippen molar-refractivity contribution >= 4 is 35.0 Å². The first-order chi connectivity index (χ1) is 18.6. The monoisotopic (exact) mass is 547 g/mol. The highest BCUT2D eigenvalue weighted by Crippen LogP contribution is 2.40. The van der Waals surface area contributed by atoms with Crippen LogP contribution in [0.1, 0.15) is 43.0 Å². The number of carbonyl (C=O) groups is 2. The number of fused-ring (bicyclic) bond motifs is 1. The van der Waals surface area contributed by atoms with Gasteiger partial charge in [0.2, 0.25) is 5.95 Å². The third kappa shape index (κ3) is 5.19. The van der Waals surface area contributed by atoms with Crippen LogP contribution in [-0.2, 0) is 4.79 Å². The van der Waals surface area contributed by atoms with Gasteiger partial charge in [0.15, 0.2) is 11.6 Å². The highest BCUT2D eigenvalue weighted by Gasteiger charge is 2.48. The van der Waals surface area contributed by atoms with Gasteiger partial charge in [0, 0.05) is 32.2 Å². The molecule has 2 fully saturated rings. The van der Waals surface area contributed by atoms with Crippen molar-refractivity contribution < 1.29 is 27.5 Å². The number of anilines is 4. The van der Waals surface area contributed by atoms with Crippen LogP contribution in [0.3, 0.4) is 0 Å². The first-order valence-corrected chi connectivity index (χ1v) is 13.1. The van der Waals surface area contributed by atoms with Gasteiger partial charge < -0.3 is 25.2 Å². The number of likely N-dealkylation sites (N-methyl/N-ethyl adjacent to an activating group) is 1. The molecule has 10 nitrogen and oxygen atoms in total. The number of amides is 2. The van der Waals surface area contributed by atoms with Crippen molar-refractivity contribution in [2.75, 3.05) is 55.5 Å². The van der Waals surface area contributed by atoms with Gasteiger partial charge >= 0.3 is 5.92 Å². The third-order valence-corrected chi connectivity index (χ3v) is 7.65. The summed E-state index contributed by atoms with van der Waals surface area (Å²) < 4.78 is 50.5. The van der Waals surface area contributed by atoms with Gasteiger partial charge in [-0.25, -0.2) is 9.37 Å². The summed E-state index contributed by atoms with van der Waals surface area (Å²) in [6, 6.07) is 2.39. The van der Waals surface area contributed by atoms with Gasteiger partial charge in [-0.05, 0) is 25.5 Å². The summed E-state index contributed by atoms with van der Waals surface area (Å²) in [6.07, 6.45) is 4.44. The lowest BCUT2D eigenvalue weighted by atomic mass is 10.1. The normalized spacial score (nSPS) is 19.9. The Morgan fingerprint density at radius 3 is 2.62 bits per heavy atom. The summed E-state index contributed by atoms with van der Waals surface area (Å²) in [7, 11) is 2.66. The molecular weight excluding hydrogens is 515 g/mol. The van der Waals surface area contributed by atoms with Gasteiger partial charge in [-0.3, -0.25) is 14.5 Å². The van der Waals surface area contributed by atoms with E-state index < -0.39 is 30.1 Å². The standard InChI is InChI=1S/C26H32F3N7O3/c1-4-35-12-15(13-35)31-23(37)18-9-17(39-3)10-19(21(18)27)32-25-30-11-20-22(33-25)36(16-7-5-6-8-16)14-26(28,29)24(38)34(20)2/h9-11,15-16H,4-8,12-14H2,1-3H3,(H,31,37)(H,30,32,33). The van der Waals surface area contributed by atoms with Crippen molar-refractivity contribution in [2.24, 2.45) is 0 Å². The van der Waals surface area contributed by atoms with Crippen LogP contribution in [0.2, 0.25) is 0 Å². The molecule has 2 N–H and O–H groups in total. The summed E-state index contributed by atoms with van der Waals surface area (Å²) in [5.41, 5.74) is -0.180. The molecule has 1 saturated heterocycles. The number of carbonyl (C=O) groups excluding carboxylic acids is 2. The molecule has 0 atom stereocenters. The maximum absolute atomic E-state index is 15.6. The highest BCUT2D eigenvalue weighted by atomic mass is 19.3. The summed E-state index contributed by atoms with van der Waals surface area (Å²) in [6.45, 7) is 3.47. The fourth-order valence-electron chi connectivity index (χ4n) is 5.38. The molecular formula is C26H32F3N7O3. The molecule has 2 amide bonds. The lowest BCUT2D eigenvalue weighted by Crippen LogP contribution is -2.59. The van der Waals surface area contributed by atoms with E-state index in [1.807, 2.05) is 6.92 Å². The van der Waals surface area contributed by atoms with Crippen molar-refractivity contribution in [3.63, 3.8) is 0 Å². The Balaban J connectivity index is 1.46. The van der Waals surface area contributed by atoms with E-state index in [1.54, 1.807) is 0 Å². The minimum absolute atomic E-state index is 0.0705. The predicted molar refractivity (Wildman–Crippen MR) is 140 cm³/mol. The van der Waals surface area contributed by atoms with Crippen LogP contribution < -0.4 is 25.2 Å². The third-order valence-electron chi connectivity index (χ3n) is 7.65. The number of rotatable bonds is 7. The quantitative estimate of drug-likeness (QED) is 0.545. The summed E-state index contributed by atoms with van der Waals surface area (Å²) in [5, 5.41) is 5.62. The lowest BCUT2D eigenvalue weighted by Gasteiger charge is -2.38. The number of hydrogen-bond donors (Lipinski definition) is 2. The van der Waals surface area contributed by atoms with Crippen molar-refractivity contribution in [1.29, 1.82) is 0 Å². The average Bonchev–Trinajstić information content (AvgIpc) is 3.42. The van der Waals surface area contributed by atoms with Crippen molar-refractivity contribution in [1.82, 2.24) is 20.2 Å². The predicted octanol–water partition coefficient (Wildman–Crippen LogP) is 3.16. The Kier molecular flexibility index (Phi) is 7.27. The molecule has 2 aromatic rings. The van der Waals surface area contributed by atoms with Crippen LogP contribution in [-0.4, -0.2) is 85.0 Å². The number of nitrogens with zero attached hydrogens (tertiary/aromatic N) is 5. The number of nitrogens with one attached hydrogen (secondary N) is 2. The van der Waals surface area contributed by atoms with Crippen molar-refractivity contribution in [2.45, 2.75) is 50.6 Å². The minimum Gasteiger partial charge on any atom is -0.497 e. The molecule has 2 aliphatic heterocycles. The molecule has 0 spiro atoms. The van der Waals surface area contributed by atoms with E-state index in [0.29, 0.717) is 25.9 Å². The van der Waals surface area contributed by atoms with Crippen molar-refractivity contribution in [3.05, 3.63) is 29.7 Å². The zero-order valence-electron chi connectivity index (χ0n) is 22.1. The minimum atomic E-state index is -3.61. The molecule has 0 bridgehead atoms. The molecule has 0 unspecified atom stereocenters. The first kappa shape index (κ1) is 27.0. The largest absolute Gasteiger partial charge is 0.497 e. The second-order valence-corrected chi connectivity index (χ2v) is 10.2. The van der Waals surface area contributed by atoms with Gasteiger partial charge in [0.25, 0.3) is 11.8 Å². The van der Waals surface area contributed by atoms with Gasteiger partial charge in [-0.1, -0.05) is 19.8 Å². The SMILES string of the molecule is CCN1CC(NC(=O)c2cc(OC)cc(Nc3ncc4c(n3)N(C3CCCC3)CC(F)(F)C(=O)N4C)c2F)C1. The van der Waals surface area contributed by atoms with Crippen LogP contribution >= 0.6 is 0 Å². The Bertz CT molecular complexity index is 1270. The number of halogens is 3. The van der Waals surface area contributed by atoms with E-state index in [-0.39, 0.29) is 46.5 Å². The van der Waals surface area contributed by atoms with Gasteiger partial charge in [0.05, 0.1) is 37.1 Å². The van der Waals surface area contributed by atoms with Crippen LogP contribution in [0.15, 0.2) is 18.3 Å². The van der Waals surface area contributed by atoms with Gasteiger partial charge in [-0.2, -0.15) is 13.8 Å². The van der Waals surface area contributed by atoms with E-state index in [4.69, 9.17) is 4.74 Å². The Morgan fingerprint density at radius 2 is 1.95 bits per heavy atom. The van der Waals surface area contributed by atoms with E-state index in [1.165, 1.54) is 37.4 Å². The maximum atomic E-state index is 15.6. The number of alkyl halides is 2.